The lowest BCUT2D eigenvalue weighted by atomic mass is 9.89. The summed E-state index contributed by atoms with van der Waals surface area (Å²) in [7, 11) is 0. The zero-order chi connectivity index (χ0) is 13.1. The zero-order valence-electron chi connectivity index (χ0n) is 10.1. The Bertz CT molecular complexity index is 447. The number of nitrogens with one attached hydrogen (secondary N) is 1. The van der Waals surface area contributed by atoms with Crippen molar-refractivity contribution in [3.63, 3.8) is 0 Å². The summed E-state index contributed by atoms with van der Waals surface area (Å²) in [5.41, 5.74) is 0.534. The van der Waals surface area contributed by atoms with Gasteiger partial charge in [0.05, 0.1) is 11.0 Å². The molecular weight excluding hydrogens is 256 g/mol. The highest BCUT2D eigenvalue weighted by atomic mass is 35.5. The number of hydrogen-bond donors (Lipinski definition) is 1. The summed E-state index contributed by atoms with van der Waals surface area (Å²) in [6.07, 6.45) is 2.04. The summed E-state index contributed by atoms with van der Waals surface area (Å²) >= 11 is 5.76. The number of benzene rings is 1. The van der Waals surface area contributed by atoms with E-state index in [1.54, 1.807) is 12.1 Å². The minimum absolute atomic E-state index is 0.0161. The first-order valence-electron chi connectivity index (χ1n) is 5.92. The van der Waals surface area contributed by atoms with Crippen LogP contribution in [-0.2, 0) is 4.74 Å². The number of nitrogens with zero attached hydrogens (tertiary/aromatic N) is 1. The normalized spacial score (nSPS) is 22.3. The lowest BCUT2D eigenvalue weighted by Crippen LogP contribution is -2.40. The number of anilines is 1. The van der Waals surface area contributed by atoms with Crippen LogP contribution in [0.25, 0.3) is 0 Å². The third-order valence-corrected chi connectivity index (χ3v) is 3.25. The average Bonchev–Trinajstić information content (AvgIpc) is 2.28. The van der Waals surface area contributed by atoms with Crippen LogP contribution in [0, 0.1) is 10.1 Å². The van der Waals surface area contributed by atoms with Crippen molar-refractivity contribution in [2.45, 2.75) is 31.9 Å². The Morgan fingerprint density at radius 2 is 2.28 bits per heavy atom. The Morgan fingerprint density at radius 3 is 2.89 bits per heavy atom. The third-order valence-electron chi connectivity index (χ3n) is 3.01. The summed E-state index contributed by atoms with van der Waals surface area (Å²) in [6.45, 7) is 2.67. The van der Waals surface area contributed by atoms with Crippen LogP contribution < -0.4 is 5.32 Å². The van der Waals surface area contributed by atoms with Crippen molar-refractivity contribution < 1.29 is 9.66 Å². The second-order valence-corrected chi connectivity index (χ2v) is 4.75. The Balaban J connectivity index is 2.00. The van der Waals surface area contributed by atoms with E-state index >= 15 is 0 Å². The first-order chi connectivity index (χ1) is 8.60. The molecule has 6 heteroatoms. The van der Waals surface area contributed by atoms with E-state index in [2.05, 4.69) is 5.32 Å². The molecule has 0 spiro atoms. The SMILES string of the molecule is CCOC1CC(Nc2ccc(Cl)cc2[N+](=O)[O-])C1. The summed E-state index contributed by atoms with van der Waals surface area (Å²) in [5, 5.41) is 14.4. The molecule has 1 aliphatic rings. The largest absolute Gasteiger partial charge is 0.378 e. The molecule has 98 valence electrons. The van der Waals surface area contributed by atoms with Crippen LogP contribution in [0.2, 0.25) is 5.02 Å². The number of nitro groups is 1. The lowest BCUT2D eigenvalue weighted by Gasteiger charge is -2.35. The molecule has 0 saturated heterocycles. The molecule has 2 rings (SSSR count). The summed E-state index contributed by atoms with van der Waals surface area (Å²) < 4.78 is 5.45. The molecule has 0 aliphatic heterocycles. The fourth-order valence-corrected chi connectivity index (χ4v) is 2.22. The predicted molar refractivity (Wildman–Crippen MR) is 70.2 cm³/mol. The topological polar surface area (TPSA) is 64.4 Å². The van der Waals surface area contributed by atoms with Crippen molar-refractivity contribution in [2.24, 2.45) is 0 Å². The fraction of sp³-hybridized carbons (Fsp3) is 0.500. The van der Waals surface area contributed by atoms with E-state index < -0.39 is 4.92 Å². The zero-order valence-corrected chi connectivity index (χ0v) is 10.8. The van der Waals surface area contributed by atoms with Crippen LogP contribution >= 0.6 is 11.6 Å². The van der Waals surface area contributed by atoms with E-state index in [1.807, 2.05) is 6.92 Å². The maximum atomic E-state index is 10.9. The van der Waals surface area contributed by atoms with Gasteiger partial charge in [0.25, 0.3) is 5.69 Å². The molecule has 0 radical (unpaired) electrons. The summed E-state index contributed by atoms with van der Waals surface area (Å²) in [5.74, 6) is 0. The van der Waals surface area contributed by atoms with Gasteiger partial charge < -0.3 is 10.1 Å². The molecular formula is C12H15ClN2O3. The van der Waals surface area contributed by atoms with E-state index in [-0.39, 0.29) is 17.8 Å². The van der Waals surface area contributed by atoms with Crippen LogP contribution in [0.15, 0.2) is 18.2 Å². The monoisotopic (exact) mass is 270 g/mol. The average molecular weight is 271 g/mol. The van der Waals surface area contributed by atoms with Crippen molar-refractivity contribution in [1.29, 1.82) is 0 Å². The van der Waals surface area contributed by atoms with Crippen molar-refractivity contribution in [2.75, 3.05) is 11.9 Å². The van der Waals surface area contributed by atoms with Gasteiger partial charge in [0, 0.05) is 23.7 Å². The molecule has 0 heterocycles. The van der Waals surface area contributed by atoms with Crippen LogP contribution in [0.3, 0.4) is 0 Å². The van der Waals surface area contributed by atoms with Gasteiger partial charge >= 0.3 is 0 Å². The van der Waals surface area contributed by atoms with Gasteiger partial charge in [0.15, 0.2) is 0 Å². The van der Waals surface area contributed by atoms with Crippen LogP contribution in [0.1, 0.15) is 19.8 Å². The van der Waals surface area contributed by atoms with Crippen molar-refractivity contribution in [1.82, 2.24) is 0 Å². The van der Waals surface area contributed by atoms with Crippen molar-refractivity contribution in [3.8, 4) is 0 Å². The molecule has 0 unspecified atom stereocenters. The number of hydrogen-bond acceptors (Lipinski definition) is 4. The van der Waals surface area contributed by atoms with Gasteiger partial charge in [-0.3, -0.25) is 10.1 Å². The number of rotatable bonds is 5. The molecule has 0 amide bonds. The van der Waals surface area contributed by atoms with E-state index in [1.165, 1.54) is 6.07 Å². The van der Waals surface area contributed by atoms with E-state index in [4.69, 9.17) is 16.3 Å². The molecule has 18 heavy (non-hydrogen) atoms. The second kappa shape index (κ2) is 5.54. The minimum Gasteiger partial charge on any atom is -0.378 e. The van der Waals surface area contributed by atoms with Crippen molar-refractivity contribution >= 4 is 23.0 Å². The van der Waals surface area contributed by atoms with Gasteiger partial charge in [0.1, 0.15) is 5.69 Å². The number of nitro benzene ring substituents is 1. The first-order valence-corrected chi connectivity index (χ1v) is 6.30. The van der Waals surface area contributed by atoms with Gasteiger partial charge in [-0.1, -0.05) is 11.6 Å². The van der Waals surface area contributed by atoms with Crippen LogP contribution in [0.4, 0.5) is 11.4 Å². The molecule has 1 aliphatic carbocycles. The van der Waals surface area contributed by atoms with Crippen LogP contribution in [-0.4, -0.2) is 23.7 Å². The Hall–Kier alpha value is -1.33. The van der Waals surface area contributed by atoms with Crippen molar-refractivity contribution in [3.05, 3.63) is 33.3 Å². The van der Waals surface area contributed by atoms with Gasteiger partial charge in [-0.25, -0.2) is 0 Å². The number of ether oxygens (including phenoxy) is 1. The Kier molecular flexibility index (Phi) is 4.04. The standard InChI is InChI=1S/C12H15ClN2O3/c1-2-18-10-6-9(7-10)14-11-4-3-8(13)5-12(11)15(16)17/h3-5,9-10,14H,2,6-7H2,1H3. The molecule has 1 aromatic rings. The predicted octanol–water partition coefficient (Wildman–Crippen LogP) is 3.23. The lowest BCUT2D eigenvalue weighted by molar-refractivity contribution is -0.384. The van der Waals surface area contributed by atoms with Gasteiger partial charge in [-0.2, -0.15) is 0 Å². The second-order valence-electron chi connectivity index (χ2n) is 4.31. The van der Waals surface area contributed by atoms with Gasteiger partial charge in [0.2, 0.25) is 0 Å². The maximum Gasteiger partial charge on any atom is 0.293 e. The molecule has 0 bridgehead atoms. The molecule has 5 nitrogen and oxygen atoms in total. The summed E-state index contributed by atoms with van der Waals surface area (Å²) in [6, 6.07) is 4.90. The Morgan fingerprint density at radius 1 is 1.56 bits per heavy atom. The highest BCUT2D eigenvalue weighted by molar-refractivity contribution is 6.30. The Labute approximate surface area is 110 Å². The molecule has 1 saturated carbocycles. The van der Waals surface area contributed by atoms with Crippen LogP contribution in [0.5, 0.6) is 0 Å². The smallest absolute Gasteiger partial charge is 0.293 e. The molecule has 0 atom stereocenters. The number of halogens is 1. The maximum absolute atomic E-state index is 10.9. The summed E-state index contributed by atoms with van der Waals surface area (Å²) in [4.78, 5) is 10.5. The van der Waals surface area contributed by atoms with Gasteiger partial charge in [-0.15, -0.1) is 0 Å². The third kappa shape index (κ3) is 2.91. The fourth-order valence-electron chi connectivity index (χ4n) is 2.05. The van der Waals surface area contributed by atoms with Gasteiger partial charge in [-0.05, 0) is 31.9 Å². The van der Waals surface area contributed by atoms with E-state index in [9.17, 15) is 10.1 Å². The highest BCUT2D eigenvalue weighted by Crippen LogP contribution is 2.32. The molecule has 1 N–H and O–H groups in total. The molecule has 1 fully saturated rings. The molecule has 1 aromatic carbocycles. The van der Waals surface area contributed by atoms with E-state index in [0.717, 1.165) is 12.8 Å². The molecule has 0 aromatic heterocycles. The minimum atomic E-state index is -0.424. The first kappa shape index (κ1) is 13.1. The van der Waals surface area contributed by atoms with E-state index in [0.29, 0.717) is 17.3 Å². The highest BCUT2D eigenvalue weighted by Gasteiger charge is 2.30. The quantitative estimate of drug-likeness (QED) is 0.659.